The van der Waals surface area contributed by atoms with Crippen molar-refractivity contribution in [3.05, 3.63) is 66.1 Å². The Hall–Kier alpha value is -2.60. The monoisotopic (exact) mass is 568 g/mol. The van der Waals surface area contributed by atoms with Gasteiger partial charge < -0.3 is 9.47 Å². The van der Waals surface area contributed by atoms with Gasteiger partial charge in [-0.05, 0) is 77.0 Å². The van der Waals surface area contributed by atoms with E-state index < -0.39 is 16.1 Å². The number of hydrogen-bond donors (Lipinski definition) is 0. The van der Waals surface area contributed by atoms with Gasteiger partial charge in [0.25, 0.3) is 16.8 Å². The van der Waals surface area contributed by atoms with Gasteiger partial charge in [-0.2, -0.15) is 0 Å². The predicted molar refractivity (Wildman–Crippen MR) is 131 cm³/mol. The molecule has 0 N–H and O–H groups in total. The molecule has 0 aliphatic carbocycles. The minimum atomic E-state index is -0.513. The average Bonchev–Trinajstić information content (AvgIpc) is 3.02. The zero-order valence-corrected chi connectivity index (χ0v) is 20.6. The molecule has 1 aliphatic rings. The highest BCUT2D eigenvalue weighted by molar-refractivity contribution is 14.1. The van der Waals surface area contributed by atoms with E-state index >= 15 is 0 Å². The first-order valence-electron chi connectivity index (χ1n) is 9.76. The number of rotatable bonds is 8. The molecule has 2 aromatic rings. The number of methoxy groups -OCH3 is 1. The highest BCUT2D eigenvalue weighted by Gasteiger charge is 2.35. The lowest BCUT2D eigenvalue weighted by atomic mass is 10.1. The van der Waals surface area contributed by atoms with Crippen LogP contribution < -0.4 is 9.47 Å². The van der Waals surface area contributed by atoms with Crippen LogP contribution in [-0.2, 0) is 11.3 Å². The van der Waals surface area contributed by atoms with Crippen LogP contribution in [0.15, 0.2) is 41.3 Å². The van der Waals surface area contributed by atoms with Crippen molar-refractivity contribution in [2.75, 3.05) is 7.11 Å². The van der Waals surface area contributed by atoms with Crippen molar-refractivity contribution in [1.82, 2.24) is 4.90 Å². The highest BCUT2D eigenvalue weighted by Crippen LogP contribution is 2.38. The number of imide groups is 1. The standard InChI is InChI=1S/C22H21IN2O6S/c1-4-13(2)31-20-17(23)9-15(10-18(20)30-3)11-19-21(26)24(22(27)32-19)12-14-6-5-7-16(8-14)25(28)29/h5-11,13H,4,12H2,1-3H3/b19-11-/t13-/m1/s1. The maximum atomic E-state index is 12.9. The van der Waals surface area contributed by atoms with Crippen molar-refractivity contribution >= 4 is 57.3 Å². The fourth-order valence-corrected chi connectivity index (χ4v) is 4.55. The van der Waals surface area contributed by atoms with E-state index in [2.05, 4.69) is 22.6 Å². The quantitative estimate of drug-likeness (QED) is 0.176. The Morgan fingerprint density at radius 3 is 2.69 bits per heavy atom. The molecule has 1 fully saturated rings. The second kappa shape index (κ2) is 10.3. The molecule has 1 atom stereocenters. The first-order valence-corrected chi connectivity index (χ1v) is 11.7. The second-order valence-electron chi connectivity index (χ2n) is 7.07. The van der Waals surface area contributed by atoms with E-state index in [-0.39, 0.29) is 23.2 Å². The molecule has 0 unspecified atom stereocenters. The summed E-state index contributed by atoms with van der Waals surface area (Å²) in [6.45, 7) is 3.97. The molecular formula is C22H21IN2O6S. The van der Waals surface area contributed by atoms with Crippen LogP contribution in [0.2, 0.25) is 0 Å². The molecule has 0 bridgehead atoms. The predicted octanol–water partition coefficient (Wildman–Crippen LogP) is 5.62. The van der Waals surface area contributed by atoms with Crippen molar-refractivity contribution in [3.8, 4) is 11.5 Å². The summed E-state index contributed by atoms with van der Waals surface area (Å²) in [6, 6.07) is 9.50. The second-order valence-corrected chi connectivity index (χ2v) is 9.22. The molecule has 168 valence electrons. The molecule has 1 heterocycles. The molecule has 2 amide bonds. The molecule has 2 aromatic carbocycles. The van der Waals surface area contributed by atoms with Crippen molar-refractivity contribution in [1.29, 1.82) is 0 Å². The number of nitro groups is 1. The molecule has 0 aromatic heterocycles. The van der Waals surface area contributed by atoms with Gasteiger partial charge in [0.05, 0.1) is 33.2 Å². The zero-order chi connectivity index (χ0) is 23.4. The van der Waals surface area contributed by atoms with Gasteiger partial charge in [-0.25, -0.2) is 0 Å². The van der Waals surface area contributed by atoms with Crippen LogP contribution in [0.1, 0.15) is 31.4 Å². The van der Waals surface area contributed by atoms with Crippen molar-refractivity contribution in [2.24, 2.45) is 0 Å². The third-order valence-electron chi connectivity index (χ3n) is 4.78. The van der Waals surface area contributed by atoms with Gasteiger partial charge in [0.1, 0.15) is 0 Å². The molecule has 0 spiro atoms. The fourth-order valence-electron chi connectivity index (χ4n) is 2.96. The van der Waals surface area contributed by atoms with Crippen LogP contribution in [0.5, 0.6) is 11.5 Å². The summed E-state index contributed by atoms with van der Waals surface area (Å²) < 4.78 is 12.2. The highest BCUT2D eigenvalue weighted by atomic mass is 127. The van der Waals surface area contributed by atoms with Crippen LogP contribution in [0, 0.1) is 13.7 Å². The molecular weight excluding hydrogens is 547 g/mol. The van der Waals surface area contributed by atoms with E-state index in [0.717, 1.165) is 26.7 Å². The maximum absolute atomic E-state index is 12.9. The molecule has 3 rings (SSSR count). The Balaban J connectivity index is 1.85. The fraction of sp³-hybridized carbons (Fsp3) is 0.273. The van der Waals surface area contributed by atoms with Gasteiger partial charge in [-0.1, -0.05) is 19.1 Å². The number of carbonyl (C=O) groups is 2. The molecule has 0 saturated carbocycles. The van der Waals surface area contributed by atoms with Gasteiger partial charge >= 0.3 is 0 Å². The number of non-ortho nitro benzene ring substituents is 1. The van der Waals surface area contributed by atoms with Gasteiger partial charge in [-0.15, -0.1) is 0 Å². The number of hydrogen-bond acceptors (Lipinski definition) is 7. The summed E-state index contributed by atoms with van der Waals surface area (Å²) in [5.41, 5.74) is 1.11. The number of thioether (sulfide) groups is 1. The maximum Gasteiger partial charge on any atom is 0.293 e. The van der Waals surface area contributed by atoms with E-state index in [4.69, 9.17) is 9.47 Å². The smallest absolute Gasteiger partial charge is 0.293 e. The molecule has 32 heavy (non-hydrogen) atoms. The molecule has 8 nitrogen and oxygen atoms in total. The van der Waals surface area contributed by atoms with E-state index in [0.29, 0.717) is 22.6 Å². The SMILES string of the molecule is CC[C@@H](C)Oc1c(I)cc(/C=C2\SC(=O)N(Cc3cccc([N+](=O)[O-])c3)C2=O)cc1OC. The Labute approximate surface area is 203 Å². The third-order valence-corrected chi connectivity index (χ3v) is 6.49. The normalized spacial score (nSPS) is 15.9. The summed E-state index contributed by atoms with van der Waals surface area (Å²) >= 11 is 2.98. The summed E-state index contributed by atoms with van der Waals surface area (Å²) in [6.07, 6.45) is 2.50. The molecule has 0 radical (unpaired) electrons. The first kappa shape index (κ1) is 24.1. The molecule has 1 saturated heterocycles. The van der Waals surface area contributed by atoms with Crippen LogP contribution in [0.25, 0.3) is 6.08 Å². The topological polar surface area (TPSA) is 99.0 Å². The van der Waals surface area contributed by atoms with Gasteiger partial charge in [0.2, 0.25) is 0 Å². The van der Waals surface area contributed by atoms with Gasteiger partial charge in [0, 0.05) is 12.1 Å². The number of benzene rings is 2. The molecule has 1 aliphatic heterocycles. The van der Waals surface area contributed by atoms with Crippen molar-refractivity contribution in [3.63, 3.8) is 0 Å². The summed E-state index contributed by atoms with van der Waals surface area (Å²) in [5.74, 6) is 0.734. The number of nitrogens with zero attached hydrogens (tertiary/aromatic N) is 2. The first-order chi connectivity index (χ1) is 15.2. The Morgan fingerprint density at radius 1 is 1.28 bits per heavy atom. The summed E-state index contributed by atoms with van der Waals surface area (Å²) in [4.78, 5) is 37.1. The Morgan fingerprint density at radius 2 is 2.03 bits per heavy atom. The summed E-state index contributed by atoms with van der Waals surface area (Å²) in [7, 11) is 1.55. The minimum absolute atomic E-state index is 0.0218. The average molecular weight is 568 g/mol. The number of carbonyl (C=O) groups excluding carboxylic acids is 2. The lowest BCUT2D eigenvalue weighted by molar-refractivity contribution is -0.384. The van der Waals surface area contributed by atoms with Crippen LogP contribution in [0.4, 0.5) is 10.5 Å². The largest absolute Gasteiger partial charge is 0.493 e. The number of halogens is 1. The van der Waals surface area contributed by atoms with Crippen molar-refractivity contribution < 1.29 is 24.0 Å². The van der Waals surface area contributed by atoms with E-state index in [1.54, 1.807) is 25.3 Å². The van der Waals surface area contributed by atoms with Crippen LogP contribution in [-0.4, -0.2) is 34.2 Å². The summed E-state index contributed by atoms with van der Waals surface area (Å²) in [5, 5.41) is 10.6. The number of nitro benzene ring substituents is 1. The van der Waals surface area contributed by atoms with Gasteiger partial charge in [-0.3, -0.25) is 24.6 Å². The lowest BCUT2D eigenvalue weighted by Gasteiger charge is -2.17. The minimum Gasteiger partial charge on any atom is -0.493 e. The van der Waals surface area contributed by atoms with E-state index in [1.807, 2.05) is 19.9 Å². The Bertz CT molecular complexity index is 1100. The Kier molecular flexibility index (Phi) is 7.77. The third kappa shape index (κ3) is 5.41. The number of amides is 2. The van der Waals surface area contributed by atoms with E-state index in [9.17, 15) is 19.7 Å². The number of ether oxygens (including phenoxy) is 2. The molecule has 10 heteroatoms. The van der Waals surface area contributed by atoms with Gasteiger partial charge in [0.15, 0.2) is 11.5 Å². The van der Waals surface area contributed by atoms with Crippen LogP contribution >= 0.6 is 34.4 Å². The lowest BCUT2D eigenvalue weighted by Crippen LogP contribution is -2.27. The zero-order valence-electron chi connectivity index (χ0n) is 17.7. The van der Waals surface area contributed by atoms with E-state index in [1.165, 1.54) is 18.2 Å². The van der Waals surface area contributed by atoms with Crippen LogP contribution in [0.3, 0.4) is 0 Å². The van der Waals surface area contributed by atoms with Crippen molar-refractivity contribution in [2.45, 2.75) is 32.9 Å².